The van der Waals surface area contributed by atoms with Gasteiger partial charge in [0, 0.05) is 33.2 Å². The van der Waals surface area contributed by atoms with Crippen LogP contribution in [0.5, 0.6) is 0 Å². The van der Waals surface area contributed by atoms with Gasteiger partial charge in [-0.25, -0.2) is 15.0 Å². The van der Waals surface area contributed by atoms with E-state index in [1.807, 2.05) is 60.7 Å². The van der Waals surface area contributed by atoms with Gasteiger partial charge in [-0.3, -0.25) is 0 Å². The van der Waals surface area contributed by atoms with Gasteiger partial charge in [-0.1, -0.05) is 109 Å². The molecule has 2 heterocycles. The second-order valence-corrected chi connectivity index (χ2v) is 11.6. The van der Waals surface area contributed by atoms with Crippen molar-refractivity contribution in [2.75, 3.05) is 0 Å². The molecular weight excluding hydrogens is 574 g/mol. The Balaban J connectivity index is 1.32. The van der Waals surface area contributed by atoms with E-state index in [0.29, 0.717) is 23.0 Å². The lowest BCUT2D eigenvalue weighted by Crippen LogP contribution is -2.01. The quantitative estimate of drug-likeness (QED) is 0.202. The largest absolute Gasteiger partial charge is 0.309 e. The summed E-state index contributed by atoms with van der Waals surface area (Å²) in [5.74, 6) is 1.85. The van der Waals surface area contributed by atoms with Crippen LogP contribution in [0.15, 0.2) is 152 Å². The molecule has 7 aromatic carbocycles. The van der Waals surface area contributed by atoms with Gasteiger partial charge in [-0.15, -0.1) is 0 Å². The first-order valence-corrected chi connectivity index (χ1v) is 15.5. The number of hydrogen-bond donors (Lipinski definition) is 0. The van der Waals surface area contributed by atoms with Crippen molar-refractivity contribution in [3.8, 4) is 45.9 Å². The molecule has 0 amide bonds. The minimum absolute atomic E-state index is 0.599. The summed E-state index contributed by atoms with van der Waals surface area (Å²) < 4.78 is 2.21. The van der Waals surface area contributed by atoms with Crippen LogP contribution < -0.4 is 0 Å². The number of hydrogen-bond acceptors (Lipinski definition) is 4. The average molecular weight is 600 g/mol. The van der Waals surface area contributed by atoms with E-state index in [1.165, 1.54) is 0 Å². The Hall–Kier alpha value is -6.64. The molecule has 0 fully saturated rings. The number of benzene rings is 7. The highest BCUT2D eigenvalue weighted by Gasteiger charge is 2.18. The van der Waals surface area contributed by atoms with Crippen molar-refractivity contribution in [2.45, 2.75) is 0 Å². The highest BCUT2D eigenvalue weighted by molar-refractivity contribution is 6.10. The second-order valence-electron chi connectivity index (χ2n) is 11.6. The van der Waals surface area contributed by atoms with Gasteiger partial charge in [0.25, 0.3) is 0 Å². The van der Waals surface area contributed by atoms with Crippen molar-refractivity contribution in [3.05, 3.63) is 157 Å². The third-order valence-electron chi connectivity index (χ3n) is 8.86. The highest BCUT2D eigenvalue weighted by Crippen LogP contribution is 2.37. The van der Waals surface area contributed by atoms with Crippen molar-refractivity contribution in [1.29, 1.82) is 5.26 Å². The first-order chi connectivity index (χ1) is 23.2. The Morgan fingerprint density at radius 2 is 1.04 bits per heavy atom. The van der Waals surface area contributed by atoms with Gasteiger partial charge in [-0.05, 0) is 64.0 Å². The van der Waals surface area contributed by atoms with Crippen LogP contribution in [0.25, 0.3) is 83.2 Å². The summed E-state index contributed by atoms with van der Waals surface area (Å²) in [6.07, 6.45) is 0. The zero-order valence-electron chi connectivity index (χ0n) is 25.2. The van der Waals surface area contributed by atoms with Gasteiger partial charge in [0.1, 0.15) is 0 Å². The maximum Gasteiger partial charge on any atom is 0.164 e. The molecule has 2 aromatic heterocycles. The molecule has 0 saturated heterocycles. The van der Waals surface area contributed by atoms with Crippen LogP contribution in [-0.2, 0) is 0 Å². The van der Waals surface area contributed by atoms with E-state index in [9.17, 15) is 5.26 Å². The molecule has 0 radical (unpaired) electrons. The molecule has 0 atom stereocenters. The van der Waals surface area contributed by atoms with Gasteiger partial charge in [0.2, 0.25) is 0 Å². The van der Waals surface area contributed by atoms with Gasteiger partial charge < -0.3 is 4.57 Å². The second kappa shape index (κ2) is 10.8. The minimum Gasteiger partial charge on any atom is -0.309 e. The lowest BCUT2D eigenvalue weighted by Gasteiger charge is -2.12. The summed E-state index contributed by atoms with van der Waals surface area (Å²) >= 11 is 0. The molecule has 0 unspecified atom stereocenters. The molecule has 0 spiro atoms. The van der Waals surface area contributed by atoms with E-state index >= 15 is 0 Å². The van der Waals surface area contributed by atoms with E-state index in [2.05, 4.69) is 102 Å². The van der Waals surface area contributed by atoms with Crippen LogP contribution in [0.3, 0.4) is 0 Å². The summed E-state index contributed by atoms with van der Waals surface area (Å²) in [7, 11) is 0. The Morgan fingerprint density at radius 1 is 0.447 bits per heavy atom. The third-order valence-corrected chi connectivity index (χ3v) is 8.86. The number of nitriles is 1. The molecule has 9 aromatic rings. The minimum atomic E-state index is 0.599. The molecule has 47 heavy (non-hydrogen) atoms. The summed E-state index contributed by atoms with van der Waals surface area (Å²) in [5, 5.41) is 16.3. The third kappa shape index (κ3) is 4.43. The summed E-state index contributed by atoms with van der Waals surface area (Å²) in [4.78, 5) is 15.4. The lowest BCUT2D eigenvalue weighted by molar-refractivity contribution is 1.08. The van der Waals surface area contributed by atoms with Gasteiger partial charge in [-0.2, -0.15) is 5.26 Å². The zero-order chi connectivity index (χ0) is 31.3. The fraction of sp³-hybridized carbons (Fsp3) is 0. The van der Waals surface area contributed by atoms with Crippen LogP contribution in [0.1, 0.15) is 5.56 Å². The number of para-hydroxylation sites is 1. The molecule has 218 valence electrons. The normalized spacial score (nSPS) is 11.4. The maximum atomic E-state index is 9.72. The predicted molar refractivity (Wildman–Crippen MR) is 190 cm³/mol. The number of aromatic nitrogens is 4. The Bertz CT molecular complexity index is 2590. The molecule has 0 aliphatic carbocycles. The molecule has 0 saturated carbocycles. The van der Waals surface area contributed by atoms with Gasteiger partial charge in [0.05, 0.1) is 22.7 Å². The molecule has 5 heteroatoms. The lowest BCUT2D eigenvalue weighted by atomic mass is 10.0. The standard InChI is InChI=1S/C42H25N5/c43-26-27-20-22-34-37-25-30(21-23-38(37)47(39(34)24-27)31-14-2-1-3-15-31)40-44-41(35-18-8-12-28-10-4-6-16-32(28)35)46-42(45-40)36-19-9-13-29-11-5-7-17-33(29)36/h1-25H. The van der Waals surface area contributed by atoms with Crippen LogP contribution in [0, 0.1) is 11.3 Å². The zero-order valence-corrected chi connectivity index (χ0v) is 25.2. The van der Waals surface area contributed by atoms with Gasteiger partial charge >= 0.3 is 0 Å². The molecule has 0 N–H and O–H groups in total. The average Bonchev–Trinajstić information content (AvgIpc) is 3.47. The molecule has 9 rings (SSSR count). The number of rotatable bonds is 4. The van der Waals surface area contributed by atoms with Crippen molar-refractivity contribution in [3.63, 3.8) is 0 Å². The Labute approximate surface area is 270 Å². The smallest absolute Gasteiger partial charge is 0.164 e. The molecule has 0 aliphatic heterocycles. The first kappa shape index (κ1) is 26.7. The van der Waals surface area contributed by atoms with E-state index in [1.54, 1.807) is 0 Å². The highest BCUT2D eigenvalue weighted by atomic mass is 15.0. The van der Waals surface area contributed by atoms with Crippen molar-refractivity contribution < 1.29 is 0 Å². The first-order valence-electron chi connectivity index (χ1n) is 15.5. The van der Waals surface area contributed by atoms with E-state index in [-0.39, 0.29) is 0 Å². The topological polar surface area (TPSA) is 67.4 Å². The Morgan fingerprint density at radius 3 is 1.70 bits per heavy atom. The van der Waals surface area contributed by atoms with Crippen LogP contribution in [0.4, 0.5) is 0 Å². The summed E-state index contributed by atoms with van der Waals surface area (Å²) in [5.41, 5.74) is 6.48. The number of fused-ring (bicyclic) bond motifs is 5. The molecule has 0 bridgehead atoms. The van der Waals surface area contributed by atoms with Gasteiger partial charge in [0.15, 0.2) is 17.5 Å². The van der Waals surface area contributed by atoms with Crippen LogP contribution >= 0.6 is 0 Å². The summed E-state index contributed by atoms with van der Waals surface area (Å²) in [6.45, 7) is 0. The van der Waals surface area contributed by atoms with Crippen LogP contribution in [0.2, 0.25) is 0 Å². The fourth-order valence-corrected chi connectivity index (χ4v) is 6.67. The van der Waals surface area contributed by atoms with Crippen molar-refractivity contribution >= 4 is 43.4 Å². The molecule has 0 aliphatic rings. The van der Waals surface area contributed by atoms with Crippen molar-refractivity contribution in [1.82, 2.24) is 19.5 Å². The predicted octanol–water partition coefficient (Wildman–Crippen LogP) is 10.1. The fourth-order valence-electron chi connectivity index (χ4n) is 6.67. The van der Waals surface area contributed by atoms with Crippen molar-refractivity contribution in [2.24, 2.45) is 0 Å². The van der Waals surface area contributed by atoms with E-state index in [0.717, 1.165) is 65.7 Å². The molecular formula is C42H25N5. The van der Waals surface area contributed by atoms with Crippen LogP contribution in [-0.4, -0.2) is 19.5 Å². The molecule has 5 nitrogen and oxygen atoms in total. The number of nitrogens with zero attached hydrogens (tertiary/aromatic N) is 5. The van der Waals surface area contributed by atoms with E-state index in [4.69, 9.17) is 15.0 Å². The van der Waals surface area contributed by atoms with E-state index < -0.39 is 0 Å². The Kier molecular flexibility index (Phi) is 6.12. The summed E-state index contributed by atoms with van der Waals surface area (Å²) in [6, 6.07) is 54.0. The maximum absolute atomic E-state index is 9.72. The monoisotopic (exact) mass is 599 g/mol. The SMILES string of the molecule is N#Cc1ccc2c3cc(-c4nc(-c5cccc6ccccc56)nc(-c5cccc6ccccc56)n4)ccc3n(-c3ccccc3)c2c1.